The van der Waals surface area contributed by atoms with Crippen LogP contribution in [0.15, 0.2) is 42.9 Å². The van der Waals surface area contributed by atoms with Gasteiger partial charge in [-0.3, -0.25) is 4.68 Å². The number of nitrogens with one attached hydrogen (secondary N) is 1. The van der Waals surface area contributed by atoms with Gasteiger partial charge in [0.2, 0.25) is 10.0 Å². The Morgan fingerprint density at radius 1 is 1.27 bits per heavy atom. The summed E-state index contributed by atoms with van der Waals surface area (Å²) in [5.74, 6) is 1.43. The number of fused-ring (bicyclic) bond motifs is 1. The van der Waals surface area contributed by atoms with E-state index in [9.17, 15) is 13.5 Å². The Morgan fingerprint density at radius 2 is 2.05 bits per heavy atom. The third-order valence-corrected chi connectivity index (χ3v) is 8.94. The lowest BCUT2D eigenvalue weighted by atomic mass is 9.96. The summed E-state index contributed by atoms with van der Waals surface area (Å²) in [6, 6.07) is 7.26. The van der Waals surface area contributed by atoms with Gasteiger partial charge in [-0.15, -0.1) is 0 Å². The molecule has 4 heterocycles. The number of rotatable bonds is 10. The van der Waals surface area contributed by atoms with Gasteiger partial charge in [0.25, 0.3) is 0 Å². The van der Waals surface area contributed by atoms with Crippen LogP contribution in [0.3, 0.4) is 0 Å². The molecule has 1 fully saturated rings. The van der Waals surface area contributed by atoms with E-state index in [0.29, 0.717) is 36.1 Å². The van der Waals surface area contributed by atoms with E-state index in [4.69, 9.17) is 22.1 Å². The van der Waals surface area contributed by atoms with Gasteiger partial charge in [0.05, 0.1) is 43.3 Å². The van der Waals surface area contributed by atoms with Gasteiger partial charge in [-0.1, -0.05) is 17.7 Å². The number of benzene rings is 1. The molecule has 3 aromatic heterocycles. The minimum Gasteiger partial charge on any atom is -0.394 e. The van der Waals surface area contributed by atoms with Crippen molar-refractivity contribution in [2.24, 2.45) is 5.73 Å². The van der Waals surface area contributed by atoms with Crippen molar-refractivity contribution in [3.8, 4) is 11.4 Å². The van der Waals surface area contributed by atoms with Gasteiger partial charge >= 0.3 is 0 Å². The highest BCUT2D eigenvalue weighted by Gasteiger charge is 2.42. The molecule has 1 unspecified atom stereocenters. The first-order valence-electron chi connectivity index (χ1n) is 12.9. The number of nitrogens with two attached hydrogens (primary N) is 1. The van der Waals surface area contributed by atoms with Crippen LogP contribution in [0.25, 0.3) is 22.2 Å². The zero-order valence-electron chi connectivity index (χ0n) is 23.1. The summed E-state index contributed by atoms with van der Waals surface area (Å²) in [6.45, 7) is 2.66. The third kappa shape index (κ3) is 5.71. The Balaban J connectivity index is 1.47. The van der Waals surface area contributed by atoms with E-state index >= 15 is 0 Å². The number of sulfonamides is 1. The fraction of sp³-hybridized carbons (Fsp3) is 0.385. The molecule has 41 heavy (non-hydrogen) atoms. The largest absolute Gasteiger partial charge is 0.394 e. The van der Waals surface area contributed by atoms with Crippen LogP contribution >= 0.6 is 11.6 Å². The number of methoxy groups -OCH3 is 1. The van der Waals surface area contributed by atoms with E-state index < -0.39 is 16.2 Å². The summed E-state index contributed by atoms with van der Waals surface area (Å²) < 4.78 is 32.6. The SMILES string of the molecule is COC(C)c1ccc(N2C[C@H](N(C)S(C)(=O)=O)[C@H]2N)c2cnc(Nc3ccnc(-c4cn(CCO)nc4Cl)n3)cc12. The van der Waals surface area contributed by atoms with E-state index in [1.54, 1.807) is 38.8 Å². The number of halogens is 1. The molecule has 0 saturated carbocycles. The minimum absolute atomic E-state index is 0.0686. The molecule has 4 aromatic rings. The number of hydrogen-bond donors (Lipinski definition) is 3. The Morgan fingerprint density at radius 3 is 2.73 bits per heavy atom. The molecule has 4 N–H and O–H groups in total. The summed E-state index contributed by atoms with van der Waals surface area (Å²) in [5, 5.41) is 18.6. The summed E-state index contributed by atoms with van der Waals surface area (Å²) in [4.78, 5) is 15.5. The number of nitrogens with zero attached hydrogens (tertiary/aromatic N) is 7. The van der Waals surface area contributed by atoms with E-state index in [1.807, 2.05) is 30.0 Å². The second-order valence-corrected chi connectivity index (χ2v) is 12.3. The number of anilines is 3. The summed E-state index contributed by atoms with van der Waals surface area (Å²) in [7, 11) is -0.170. The Labute approximate surface area is 243 Å². The minimum atomic E-state index is -3.37. The lowest BCUT2D eigenvalue weighted by Gasteiger charge is -2.50. The molecule has 5 rings (SSSR count). The lowest BCUT2D eigenvalue weighted by Crippen LogP contribution is -2.70. The second kappa shape index (κ2) is 11.5. The van der Waals surface area contributed by atoms with E-state index in [2.05, 4.69) is 25.4 Å². The number of ether oxygens (including phenoxy) is 1. The van der Waals surface area contributed by atoms with Gasteiger partial charge in [0.15, 0.2) is 11.0 Å². The van der Waals surface area contributed by atoms with Crippen LogP contribution in [0.2, 0.25) is 5.15 Å². The number of aliphatic hydroxyl groups is 1. The van der Waals surface area contributed by atoms with Crippen molar-refractivity contribution in [2.75, 3.05) is 43.8 Å². The highest BCUT2D eigenvalue weighted by Crippen LogP contribution is 2.38. The molecule has 0 aliphatic carbocycles. The van der Waals surface area contributed by atoms with Crippen LogP contribution in [0, 0.1) is 0 Å². The standard InChI is InChI=1S/C26H32ClN9O4S/c1-15(40-3)16-5-6-20(36-14-21(25(36)28)34(2)41(4,38)39)18-12-30-23(11-17(16)18)31-22-7-8-29-26(32-22)19-13-35(9-10-37)33-24(19)27/h5-8,11-13,15,21,25,37H,9-10,14,28H2,1-4H3,(H,29,30,31,32)/t15?,21-,25-/m0/s1. The molecule has 1 saturated heterocycles. The molecular weight excluding hydrogens is 570 g/mol. The average molecular weight is 602 g/mol. The summed E-state index contributed by atoms with van der Waals surface area (Å²) in [6.07, 6.45) is 5.53. The van der Waals surface area contributed by atoms with E-state index in [1.165, 1.54) is 15.2 Å². The molecule has 0 amide bonds. The van der Waals surface area contributed by atoms with Crippen molar-refractivity contribution in [1.82, 2.24) is 29.0 Å². The molecule has 1 aliphatic heterocycles. The maximum absolute atomic E-state index is 12.0. The monoisotopic (exact) mass is 601 g/mol. The summed E-state index contributed by atoms with van der Waals surface area (Å²) in [5.41, 5.74) is 8.82. The smallest absolute Gasteiger partial charge is 0.211 e. The normalized spacial score (nSPS) is 18.1. The van der Waals surface area contributed by atoms with Crippen LogP contribution in [0.5, 0.6) is 0 Å². The molecule has 0 bridgehead atoms. The Kier molecular flexibility index (Phi) is 8.14. The predicted octanol–water partition coefficient (Wildman–Crippen LogP) is 2.35. The van der Waals surface area contributed by atoms with Crippen molar-refractivity contribution in [2.45, 2.75) is 31.8 Å². The molecule has 1 aromatic carbocycles. The molecule has 218 valence electrons. The van der Waals surface area contributed by atoms with Crippen molar-refractivity contribution in [3.63, 3.8) is 0 Å². The van der Waals surface area contributed by atoms with Crippen molar-refractivity contribution in [3.05, 3.63) is 53.6 Å². The highest BCUT2D eigenvalue weighted by molar-refractivity contribution is 7.88. The number of likely N-dealkylation sites (N-methyl/N-ethyl adjacent to an activating group) is 1. The highest BCUT2D eigenvalue weighted by atomic mass is 35.5. The van der Waals surface area contributed by atoms with Gasteiger partial charge in [-0.05, 0) is 36.1 Å². The first-order valence-corrected chi connectivity index (χ1v) is 15.1. The Hall–Kier alpha value is -3.40. The Bertz CT molecular complexity index is 1680. The fourth-order valence-electron chi connectivity index (χ4n) is 4.84. The quantitative estimate of drug-likeness (QED) is 0.244. The molecule has 0 radical (unpaired) electrons. The van der Waals surface area contributed by atoms with Crippen molar-refractivity contribution in [1.29, 1.82) is 0 Å². The fourth-order valence-corrected chi connectivity index (χ4v) is 5.75. The number of aromatic nitrogens is 5. The van der Waals surface area contributed by atoms with Gasteiger partial charge in [0.1, 0.15) is 11.6 Å². The first-order chi connectivity index (χ1) is 19.5. The van der Waals surface area contributed by atoms with Crippen LogP contribution in [0.1, 0.15) is 18.6 Å². The number of hydrogen-bond acceptors (Lipinski definition) is 11. The average Bonchev–Trinajstić information content (AvgIpc) is 3.31. The van der Waals surface area contributed by atoms with E-state index in [0.717, 1.165) is 22.0 Å². The van der Waals surface area contributed by atoms with Gasteiger partial charge in [-0.25, -0.2) is 23.4 Å². The number of pyridine rings is 1. The molecule has 3 atom stereocenters. The zero-order valence-corrected chi connectivity index (χ0v) is 24.6. The molecule has 1 aliphatic rings. The number of aliphatic hydroxyl groups excluding tert-OH is 1. The molecule has 13 nitrogen and oxygen atoms in total. The topological polar surface area (TPSA) is 165 Å². The lowest BCUT2D eigenvalue weighted by molar-refractivity contribution is 0.121. The third-order valence-electron chi connectivity index (χ3n) is 7.34. The zero-order chi connectivity index (χ0) is 29.5. The van der Waals surface area contributed by atoms with Gasteiger partial charge in [-0.2, -0.15) is 9.40 Å². The van der Waals surface area contributed by atoms with E-state index in [-0.39, 0.29) is 23.9 Å². The maximum atomic E-state index is 12.0. The first kappa shape index (κ1) is 29.1. The van der Waals surface area contributed by atoms with Gasteiger partial charge < -0.3 is 25.8 Å². The second-order valence-electron chi connectivity index (χ2n) is 9.87. The van der Waals surface area contributed by atoms with Crippen LogP contribution in [-0.4, -0.2) is 88.3 Å². The maximum Gasteiger partial charge on any atom is 0.211 e. The summed E-state index contributed by atoms with van der Waals surface area (Å²) >= 11 is 6.29. The molecule has 15 heteroatoms. The van der Waals surface area contributed by atoms with Gasteiger partial charge in [0, 0.05) is 50.4 Å². The predicted molar refractivity (Wildman–Crippen MR) is 158 cm³/mol. The van der Waals surface area contributed by atoms with Crippen LogP contribution in [0.4, 0.5) is 17.3 Å². The van der Waals surface area contributed by atoms with Crippen molar-refractivity contribution < 1.29 is 18.3 Å². The van der Waals surface area contributed by atoms with Crippen LogP contribution in [-0.2, 0) is 21.3 Å². The van der Waals surface area contributed by atoms with Crippen molar-refractivity contribution >= 4 is 49.7 Å². The molecule has 0 spiro atoms. The molecular formula is C26H32ClN9O4S. The van der Waals surface area contributed by atoms with Crippen LogP contribution < -0.4 is 16.0 Å².